The summed E-state index contributed by atoms with van der Waals surface area (Å²) in [6.07, 6.45) is 0. The number of methoxy groups -OCH3 is 2. The second-order valence-corrected chi connectivity index (χ2v) is 5.32. The van der Waals surface area contributed by atoms with Crippen LogP contribution in [0.2, 0.25) is 0 Å². The largest absolute Gasteiger partial charge is 0.497 e. The lowest BCUT2D eigenvalue weighted by Gasteiger charge is -2.06. The van der Waals surface area contributed by atoms with Gasteiger partial charge in [0.2, 0.25) is 0 Å². The maximum atomic E-state index is 12.1. The zero-order valence-corrected chi connectivity index (χ0v) is 13.6. The van der Waals surface area contributed by atoms with Crippen LogP contribution in [0.1, 0.15) is 0 Å². The molecule has 0 amide bonds. The number of ether oxygens (including phenoxy) is 3. The third-order valence-corrected chi connectivity index (χ3v) is 3.89. The van der Waals surface area contributed by atoms with Crippen LogP contribution in [0.15, 0.2) is 57.8 Å². The molecule has 0 spiro atoms. The molecule has 126 valence electrons. The summed E-state index contributed by atoms with van der Waals surface area (Å²) < 4.78 is 22.4. The van der Waals surface area contributed by atoms with Gasteiger partial charge in [-0.1, -0.05) is 0 Å². The highest BCUT2D eigenvalue weighted by Gasteiger charge is 2.15. The van der Waals surface area contributed by atoms with Crippen LogP contribution in [0.4, 0.5) is 0 Å². The first-order chi connectivity index (χ1) is 12.2. The Hall–Kier alpha value is -3.48. The molecule has 0 radical (unpaired) electrons. The zero-order valence-electron chi connectivity index (χ0n) is 13.6. The van der Waals surface area contributed by atoms with E-state index in [2.05, 4.69) is 5.16 Å². The van der Waals surface area contributed by atoms with Gasteiger partial charge in [0, 0.05) is 5.39 Å². The van der Waals surface area contributed by atoms with Crippen LogP contribution in [0.3, 0.4) is 0 Å². The van der Waals surface area contributed by atoms with Crippen molar-refractivity contribution < 1.29 is 18.7 Å². The van der Waals surface area contributed by atoms with E-state index in [9.17, 15) is 4.79 Å². The normalized spacial score (nSPS) is 11.0. The number of nitrogens with zero attached hydrogens (tertiary/aromatic N) is 2. The zero-order chi connectivity index (χ0) is 17.4. The summed E-state index contributed by atoms with van der Waals surface area (Å²) in [4.78, 5) is 12.1. The second-order valence-electron chi connectivity index (χ2n) is 5.32. The maximum absolute atomic E-state index is 12.1. The van der Waals surface area contributed by atoms with Crippen molar-refractivity contribution >= 4 is 16.4 Å². The number of hydrogen-bond acceptors (Lipinski definition) is 6. The van der Waals surface area contributed by atoms with Gasteiger partial charge >= 0.3 is 5.76 Å². The lowest BCUT2D eigenvalue weighted by molar-refractivity contribution is 0.305. The molecule has 0 saturated heterocycles. The molecule has 0 aliphatic carbocycles. The van der Waals surface area contributed by atoms with Gasteiger partial charge in [-0.25, -0.2) is 9.20 Å². The van der Waals surface area contributed by atoms with E-state index in [1.54, 1.807) is 56.7 Å². The quantitative estimate of drug-likeness (QED) is 0.568. The predicted octanol–water partition coefficient (Wildman–Crippen LogP) is 3.25. The van der Waals surface area contributed by atoms with Crippen LogP contribution in [0.5, 0.6) is 23.1 Å². The summed E-state index contributed by atoms with van der Waals surface area (Å²) in [5, 5.41) is 4.61. The molecule has 4 aromatic rings. The van der Waals surface area contributed by atoms with E-state index in [4.69, 9.17) is 18.7 Å². The first-order valence-corrected chi connectivity index (χ1v) is 7.50. The molecule has 7 nitrogen and oxygen atoms in total. The van der Waals surface area contributed by atoms with Gasteiger partial charge < -0.3 is 14.2 Å². The van der Waals surface area contributed by atoms with E-state index in [1.807, 2.05) is 6.07 Å². The molecule has 0 bridgehead atoms. The van der Waals surface area contributed by atoms with E-state index in [0.717, 1.165) is 5.39 Å². The van der Waals surface area contributed by atoms with Gasteiger partial charge in [0.25, 0.3) is 5.88 Å². The highest BCUT2D eigenvalue weighted by molar-refractivity contribution is 5.89. The minimum absolute atomic E-state index is 0.194. The first-order valence-electron chi connectivity index (χ1n) is 7.50. The van der Waals surface area contributed by atoms with Gasteiger partial charge in [-0.2, -0.15) is 0 Å². The molecular weight excluding hydrogens is 324 g/mol. The molecule has 2 heterocycles. The Morgan fingerprint density at radius 2 is 1.56 bits per heavy atom. The Kier molecular flexibility index (Phi) is 3.53. The summed E-state index contributed by atoms with van der Waals surface area (Å²) in [5.41, 5.74) is 1.20. The van der Waals surface area contributed by atoms with E-state index in [1.165, 1.54) is 4.40 Å². The Morgan fingerprint density at radius 1 is 0.880 bits per heavy atom. The highest BCUT2D eigenvalue weighted by atomic mass is 16.6. The van der Waals surface area contributed by atoms with Gasteiger partial charge in [-0.3, -0.25) is 4.52 Å². The summed E-state index contributed by atoms with van der Waals surface area (Å²) in [5.74, 6) is 1.56. The number of rotatable bonds is 4. The average molecular weight is 338 g/mol. The van der Waals surface area contributed by atoms with Crippen LogP contribution in [0, 0.1) is 0 Å². The van der Waals surface area contributed by atoms with E-state index in [-0.39, 0.29) is 5.88 Å². The molecule has 0 aliphatic rings. The molecule has 2 aromatic heterocycles. The molecule has 0 N–H and O–H groups in total. The van der Waals surface area contributed by atoms with E-state index < -0.39 is 5.76 Å². The fourth-order valence-electron chi connectivity index (χ4n) is 2.67. The minimum Gasteiger partial charge on any atom is -0.497 e. The number of benzene rings is 2. The van der Waals surface area contributed by atoms with Crippen LogP contribution >= 0.6 is 0 Å². The van der Waals surface area contributed by atoms with Gasteiger partial charge in [-0.15, -0.1) is 0 Å². The van der Waals surface area contributed by atoms with Crippen LogP contribution in [-0.2, 0) is 0 Å². The van der Waals surface area contributed by atoms with Crippen molar-refractivity contribution in [2.45, 2.75) is 0 Å². The van der Waals surface area contributed by atoms with Crippen molar-refractivity contribution in [2.75, 3.05) is 14.2 Å². The number of hydrogen-bond donors (Lipinski definition) is 0. The van der Waals surface area contributed by atoms with Crippen LogP contribution < -0.4 is 20.0 Å². The summed E-state index contributed by atoms with van der Waals surface area (Å²) in [6, 6.07) is 14.2. The molecule has 7 heteroatoms. The van der Waals surface area contributed by atoms with E-state index >= 15 is 0 Å². The van der Waals surface area contributed by atoms with Crippen molar-refractivity contribution in [1.29, 1.82) is 0 Å². The molecule has 0 atom stereocenters. The Balaban J connectivity index is 1.86. The van der Waals surface area contributed by atoms with Crippen molar-refractivity contribution in [3.63, 3.8) is 0 Å². The van der Waals surface area contributed by atoms with E-state index in [0.29, 0.717) is 28.3 Å². The average Bonchev–Trinajstić information content (AvgIpc) is 3.04. The highest BCUT2D eigenvalue weighted by Crippen LogP contribution is 2.30. The fraction of sp³-hybridized carbons (Fsp3) is 0.111. The van der Waals surface area contributed by atoms with Crippen LogP contribution in [-0.4, -0.2) is 23.8 Å². The number of aromatic nitrogens is 2. The van der Waals surface area contributed by atoms with Crippen molar-refractivity contribution in [3.05, 3.63) is 59.1 Å². The summed E-state index contributed by atoms with van der Waals surface area (Å²) >= 11 is 0. The maximum Gasteiger partial charge on any atom is 0.445 e. The summed E-state index contributed by atoms with van der Waals surface area (Å²) in [7, 11) is 3.18. The third-order valence-electron chi connectivity index (χ3n) is 3.89. The van der Waals surface area contributed by atoms with Gasteiger partial charge in [0.15, 0.2) is 0 Å². The third kappa shape index (κ3) is 2.55. The lowest BCUT2D eigenvalue weighted by Crippen LogP contribution is -2.12. The predicted molar refractivity (Wildman–Crippen MR) is 90.9 cm³/mol. The fourth-order valence-corrected chi connectivity index (χ4v) is 2.67. The Bertz CT molecular complexity index is 1110. The molecule has 4 rings (SSSR count). The van der Waals surface area contributed by atoms with Crippen molar-refractivity contribution in [2.24, 2.45) is 0 Å². The van der Waals surface area contributed by atoms with Crippen molar-refractivity contribution in [3.8, 4) is 23.1 Å². The van der Waals surface area contributed by atoms with Gasteiger partial charge in [0.1, 0.15) is 22.8 Å². The van der Waals surface area contributed by atoms with Crippen LogP contribution in [0.25, 0.3) is 16.4 Å². The Morgan fingerprint density at radius 3 is 2.28 bits per heavy atom. The second kappa shape index (κ2) is 5.86. The molecule has 0 saturated carbocycles. The molecule has 0 unspecified atom stereocenters. The first kappa shape index (κ1) is 15.1. The van der Waals surface area contributed by atoms with Gasteiger partial charge in [-0.05, 0) is 53.7 Å². The van der Waals surface area contributed by atoms with Crippen molar-refractivity contribution in [1.82, 2.24) is 9.56 Å². The molecule has 0 fully saturated rings. The number of fused-ring (bicyclic) bond motifs is 3. The smallest absolute Gasteiger partial charge is 0.445 e. The minimum atomic E-state index is -0.586. The Labute approximate surface area is 141 Å². The lowest BCUT2D eigenvalue weighted by atomic mass is 10.2. The summed E-state index contributed by atoms with van der Waals surface area (Å²) in [6.45, 7) is 0. The SMILES string of the molecule is COc1ccc(Oc2noc(=O)n3c2cc2cc(OC)ccc23)cc1. The monoisotopic (exact) mass is 338 g/mol. The molecule has 0 aliphatic heterocycles. The standard InChI is InChI=1S/C18H14N2O5/c1-22-12-3-5-13(6-4-12)24-17-16-10-11-9-14(23-2)7-8-15(11)20(16)18(21)25-19-17/h3-10H,1-2H3. The molecular formula is C18H14N2O5. The molecule has 2 aromatic carbocycles. The molecule has 25 heavy (non-hydrogen) atoms. The van der Waals surface area contributed by atoms with Gasteiger partial charge in [0.05, 0.1) is 19.7 Å². The topological polar surface area (TPSA) is 75.2 Å².